The molecule has 164 valence electrons. The quantitative estimate of drug-likeness (QED) is 0.402. The Morgan fingerprint density at radius 2 is 0.735 bits per heavy atom. The van der Waals surface area contributed by atoms with Gasteiger partial charge in [-0.3, -0.25) is 19.2 Å². The Morgan fingerprint density at radius 1 is 0.412 bits per heavy atom. The van der Waals surface area contributed by atoms with Crippen molar-refractivity contribution in [2.24, 2.45) is 0 Å². The average molecular weight is 454 g/mol. The molecule has 6 nitrogen and oxygen atoms in total. The maximum atomic E-state index is 13.3. The number of fused-ring (bicyclic) bond motifs is 5. The molecule has 0 saturated carbocycles. The zero-order chi connectivity index (χ0) is 23.7. The van der Waals surface area contributed by atoms with Gasteiger partial charge in [0.05, 0.1) is 32.9 Å². The number of benzene rings is 4. The summed E-state index contributed by atoms with van der Waals surface area (Å²) < 4.78 is 28.6. The zero-order valence-corrected chi connectivity index (χ0v) is 17.2. The van der Waals surface area contributed by atoms with Crippen LogP contribution in [0.4, 0.5) is 8.78 Å². The van der Waals surface area contributed by atoms with Gasteiger partial charge in [-0.2, -0.15) is 0 Å². The summed E-state index contributed by atoms with van der Waals surface area (Å²) in [6.07, 6.45) is 0. The normalized spacial score (nSPS) is 11.7. The average Bonchev–Trinajstić information content (AvgIpc) is 3.25. The molecule has 0 N–H and O–H groups in total. The van der Waals surface area contributed by atoms with Gasteiger partial charge in [0.1, 0.15) is 11.6 Å². The molecule has 2 aromatic heterocycles. The molecule has 34 heavy (non-hydrogen) atoms. The van der Waals surface area contributed by atoms with Gasteiger partial charge >= 0.3 is 0 Å². The molecule has 0 bridgehead atoms. The van der Waals surface area contributed by atoms with E-state index in [1.807, 2.05) is 0 Å². The van der Waals surface area contributed by atoms with Crippen LogP contribution < -0.4 is 22.2 Å². The summed E-state index contributed by atoms with van der Waals surface area (Å²) in [7, 11) is 0. The molecular weight excluding hydrogens is 442 g/mol. The first kappa shape index (κ1) is 19.9. The van der Waals surface area contributed by atoms with Crippen molar-refractivity contribution in [3.8, 4) is 11.4 Å². The Balaban J connectivity index is 1.71. The summed E-state index contributed by atoms with van der Waals surface area (Å²) in [5, 5.41) is 1.20. The standard InChI is InChI=1S/C26H12F2N2O4/c27-13-1-5-15(6-2-13)29-23(31)19-11-9-18-17(21(19)25(29)33)10-12-20-22(18)26(34)30(24(20)32)16-7-3-14(28)4-8-16/h1-12H. The largest absolute Gasteiger partial charge is 0.268 e. The van der Waals surface area contributed by atoms with Crippen LogP contribution in [-0.4, -0.2) is 9.13 Å². The van der Waals surface area contributed by atoms with E-state index < -0.39 is 33.9 Å². The molecule has 0 saturated heterocycles. The van der Waals surface area contributed by atoms with Crippen molar-refractivity contribution in [2.75, 3.05) is 0 Å². The monoisotopic (exact) mass is 454 g/mol. The van der Waals surface area contributed by atoms with Crippen molar-refractivity contribution in [1.82, 2.24) is 9.13 Å². The van der Waals surface area contributed by atoms with Gasteiger partial charge in [-0.1, -0.05) is 12.1 Å². The van der Waals surface area contributed by atoms with Crippen LogP contribution in [0.3, 0.4) is 0 Å². The van der Waals surface area contributed by atoms with E-state index in [9.17, 15) is 28.0 Å². The maximum Gasteiger partial charge on any atom is 0.266 e. The smallest absolute Gasteiger partial charge is 0.266 e. The van der Waals surface area contributed by atoms with Gasteiger partial charge in [0.15, 0.2) is 0 Å². The van der Waals surface area contributed by atoms with E-state index in [1.165, 1.54) is 48.5 Å². The molecule has 0 spiro atoms. The lowest BCUT2D eigenvalue weighted by molar-refractivity contribution is 0.627. The van der Waals surface area contributed by atoms with E-state index in [2.05, 4.69) is 0 Å². The molecule has 8 heteroatoms. The SMILES string of the molecule is O=c1c2ccc3c(ccc4c(=O)n(-c5ccc(F)cc5)c(=O)c43)c2c(=O)n1-c1ccc(F)cc1. The van der Waals surface area contributed by atoms with E-state index in [1.54, 1.807) is 0 Å². The molecule has 6 rings (SSSR count). The number of halogens is 2. The number of nitrogens with zero attached hydrogens (tertiary/aromatic N) is 2. The van der Waals surface area contributed by atoms with Gasteiger partial charge in [-0.05, 0) is 71.4 Å². The molecule has 0 aliphatic rings. The highest BCUT2D eigenvalue weighted by molar-refractivity contribution is 6.17. The van der Waals surface area contributed by atoms with Gasteiger partial charge < -0.3 is 0 Å². The maximum absolute atomic E-state index is 13.3. The predicted octanol–water partition coefficient (Wildman–Crippen LogP) is 3.32. The second-order valence-corrected chi connectivity index (χ2v) is 7.92. The summed E-state index contributed by atoms with van der Waals surface area (Å²) in [5.41, 5.74) is -1.91. The van der Waals surface area contributed by atoms with E-state index in [4.69, 9.17) is 0 Å². The van der Waals surface area contributed by atoms with Crippen LogP contribution in [0.1, 0.15) is 0 Å². The van der Waals surface area contributed by atoms with Crippen molar-refractivity contribution < 1.29 is 8.78 Å². The third-order valence-corrected chi connectivity index (χ3v) is 6.07. The van der Waals surface area contributed by atoms with Crippen molar-refractivity contribution in [3.05, 3.63) is 126 Å². The molecule has 0 unspecified atom stereocenters. The molecule has 0 aliphatic carbocycles. The number of hydrogen-bond acceptors (Lipinski definition) is 4. The first-order chi connectivity index (χ1) is 16.4. The van der Waals surface area contributed by atoms with E-state index in [0.717, 1.165) is 33.4 Å². The molecule has 0 amide bonds. The number of rotatable bonds is 2. The lowest BCUT2D eigenvalue weighted by Crippen LogP contribution is -2.23. The third kappa shape index (κ3) is 2.59. The van der Waals surface area contributed by atoms with E-state index in [-0.39, 0.29) is 32.9 Å². The molecule has 4 aromatic carbocycles. The van der Waals surface area contributed by atoms with Gasteiger partial charge in [-0.25, -0.2) is 17.9 Å². The zero-order valence-electron chi connectivity index (χ0n) is 17.2. The van der Waals surface area contributed by atoms with Gasteiger partial charge in [0, 0.05) is 0 Å². The topological polar surface area (TPSA) is 78.1 Å². The van der Waals surface area contributed by atoms with Crippen molar-refractivity contribution >= 4 is 32.3 Å². The Labute approximate surface area is 187 Å². The summed E-state index contributed by atoms with van der Waals surface area (Å²) in [5.74, 6) is -1.01. The van der Waals surface area contributed by atoms with Crippen LogP contribution in [0.2, 0.25) is 0 Å². The van der Waals surface area contributed by atoms with Gasteiger partial charge in [-0.15, -0.1) is 0 Å². The van der Waals surface area contributed by atoms with Crippen LogP contribution in [0, 0.1) is 11.6 Å². The van der Waals surface area contributed by atoms with Gasteiger partial charge in [0.2, 0.25) is 0 Å². The Bertz CT molecular complexity index is 1850. The Kier molecular flexibility index (Phi) is 4.04. The number of aromatic nitrogens is 2. The first-order valence-electron chi connectivity index (χ1n) is 10.3. The van der Waals surface area contributed by atoms with Crippen LogP contribution in [0.25, 0.3) is 43.7 Å². The lowest BCUT2D eigenvalue weighted by atomic mass is 10.0. The Hall–Kier alpha value is -4.72. The molecule has 0 atom stereocenters. The minimum absolute atomic E-state index is 0.107. The van der Waals surface area contributed by atoms with Crippen LogP contribution in [0.5, 0.6) is 0 Å². The van der Waals surface area contributed by atoms with Crippen LogP contribution in [0.15, 0.2) is 92.0 Å². The fraction of sp³-hybridized carbons (Fsp3) is 0. The first-order valence-corrected chi connectivity index (χ1v) is 10.3. The summed E-state index contributed by atoms with van der Waals surface area (Å²) in [4.78, 5) is 52.6. The molecule has 6 aromatic rings. The molecule has 2 heterocycles. The Morgan fingerprint density at radius 3 is 1.09 bits per heavy atom. The van der Waals surface area contributed by atoms with E-state index in [0.29, 0.717) is 10.8 Å². The summed E-state index contributed by atoms with van der Waals surface area (Å²) >= 11 is 0. The van der Waals surface area contributed by atoms with Crippen molar-refractivity contribution in [3.63, 3.8) is 0 Å². The van der Waals surface area contributed by atoms with E-state index >= 15 is 0 Å². The second kappa shape index (κ2) is 6.89. The fourth-order valence-corrected chi connectivity index (χ4v) is 4.52. The summed E-state index contributed by atoms with van der Waals surface area (Å²) in [6, 6.07) is 15.9. The highest BCUT2D eigenvalue weighted by atomic mass is 19.1. The molecular formula is C26H12F2N2O4. The lowest BCUT2D eigenvalue weighted by Gasteiger charge is -2.00. The number of hydrogen-bond donors (Lipinski definition) is 0. The minimum atomic E-state index is -0.607. The minimum Gasteiger partial charge on any atom is -0.268 e. The third-order valence-electron chi connectivity index (χ3n) is 6.07. The van der Waals surface area contributed by atoms with Gasteiger partial charge in [0.25, 0.3) is 22.2 Å². The predicted molar refractivity (Wildman–Crippen MR) is 125 cm³/mol. The van der Waals surface area contributed by atoms with Crippen molar-refractivity contribution in [2.45, 2.75) is 0 Å². The van der Waals surface area contributed by atoms with Crippen LogP contribution >= 0.6 is 0 Å². The van der Waals surface area contributed by atoms with Crippen LogP contribution in [-0.2, 0) is 0 Å². The highest BCUT2D eigenvalue weighted by Crippen LogP contribution is 2.27. The molecule has 0 aliphatic heterocycles. The second-order valence-electron chi connectivity index (χ2n) is 7.92. The molecule has 0 radical (unpaired) electrons. The summed E-state index contributed by atoms with van der Waals surface area (Å²) in [6.45, 7) is 0. The van der Waals surface area contributed by atoms with Crippen molar-refractivity contribution in [1.29, 1.82) is 0 Å². The fourth-order valence-electron chi connectivity index (χ4n) is 4.52. The highest BCUT2D eigenvalue weighted by Gasteiger charge is 2.21. The molecule has 0 fully saturated rings.